The highest BCUT2D eigenvalue weighted by atomic mass is 32.2. The highest BCUT2D eigenvalue weighted by Gasteiger charge is 2.29. The molecule has 0 aliphatic rings. The van der Waals surface area contributed by atoms with Gasteiger partial charge in [0, 0.05) is 12.1 Å². The molecule has 0 atom stereocenters. The molecule has 0 bridgehead atoms. The van der Waals surface area contributed by atoms with E-state index in [9.17, 15) is 31.5 Å². The molecule has 28 heavy (non-hydrogen) atoms. The lowest BCUT2D eigenvalue weighted by Gasteiger charge is -2.06. The third-order valence-electron chi connectivity index (χ3n) is 3.59. The minimum atomic E-state index is -4.92. The lowest BCUT2D eigenvalue weighted by atomic mass is 10.2. The zero-order valence-corrected chi connectivity index (χ0v) is 15.1. The normalized spacial score (nSPS) is 12.1. The fourth-order valence-corrected chi connectivity index (χ4v) is 3.64. The Labute approximate surface area is 156 Å². The van der Waals surface area contributed by atoms with Crippen LogP contribution in [0.15, 0.2) is 52.3 Å². The van der Waals surface area contributed by atoms with Crippen LogP contribution in [0.25, 0.3) is 17.1 Å². The van der Waals surface area contributed by atoms with Crippen molar-refractivity contribution in [1.29, 1.82) is 0 Å². The van der Waals surface area contributed by atoms with Crippen molar-refractivity contribution in [1.82, 2.24) is 15.5 Å². The topological polar surface area (TPSA) is 197 Å². The van der Waals surface area contributed by atoms with Gasteiger partial charge in [-0.2, -0.15) is 16.8 Å². The zero-order chi connectivity index (χ0) is 20.7. The Balaban J connectivity index is 2.21. The fourth-order valence-electron chi connectivity index (χ4n) is 2.35. The average molecular weight is 428 g/mol. The maximum Gasteiger partial charge on any atom is 0.338 e. The number of nitro groups is 1. The van der Waals surface area contributed by atoms with Gasteiger partial charge in [0.25, 0.3) is 25.9 Å². The number of H-pyrrole nitrogens is 1. The number of hydrogen-bond acceptors (Lipinski definition) is 8. The van der Waals surface area contributed by atoms with Crippen molar-refractivity contribution in [2.45, 2.75) is 9.79 Å². The van der Waals surface area contributed by atoms with Crippen molar-refractivity contribution >= 4 is 25.9 Å². The van der Waals surface area contributed by atoms with Crippen LogP contribution in [0.4, 0.5) is 5.69 Å². The van der Waals surface area contributed by atoms with Crippen LogP contribution in [0.2, 0.25) is 0 Å². The van der Waals surface area contributed by atoms with Crippen LogP contribution in [0.5, 0.6) is 0 Å². The number of rotatable bonds is 5. The molecule has 0 fully saturated rings. The standard InChI is InChI=1S/C13H9N5O8S2/c19-18(20)9-3-1-8(2-4-9)17-13(14-15-16-17)11-6-5-10(27(21,22)23)7-12(11)28(24,25)26/h1-7H,(H2,21,22,23,24,25,26)/p+1. The zero-order valence-electron chi connectivity index (χ0n) is 13.5. The van der Waals surface area contributed by atoms with Crippen LogP contribution in [0.1, 0.15) is 0 Å². The predicted molar refractivity (Wildman–Crippen MR) is 89.6 cm³/mol. The maximum absolute atomic E-state index is 11.7. The van der Waals surface area contributed by atoms with Crippen LogP contribution in [0, 0.1) is 10.1 Å². The first-order valence-electron chi connectivity index (χ1n) is 7.16. The monoisotopic (exact) mass is 428 g/mol. The molecule has 3 aromatic rings. The molecule has 1 heterocycles. The van der Waals surface area contributed by atoms with Crippen LogP contribution in [-0.2, 0) is 20.2 Å². The van der Waals surface area contributed by atoms with Gasteiger partial charge in [0.15, 0.2) is 5.21 Å². The Bertz CT molecular complexity index is 1280. The second kappa shape index (κ2) is 6.71. The second-order valence-corrected chi connectivity index (χ2v) is 8.15. The Morgan fingerprint density at radius 2 is 1.64 bits per heavy atom. The molecule has 0 amide bonds. The van der Waals surface area contributed by atoms with E-state index in [1.807, 2.05) is 0 Å². The summed E-state index contributed by atoms with van der Waals surface area (Å²) in [4.78, 5) is 8.56. The molecule has 15 heteroatoms. The van der Waals surface area contributed by atoms with E-state index in [-0.39, 0.29) is 22.8 Å². The number of nitrogens with one attached hydrogen (secondary N) is 1. The lowest BCUT2D eigenvalue weighted by Crippen LogP contribution is -2.35. The van der Waals surface area contributed by atoms with Crippen molar-refractivity contribution in [3.8, 4) is 17.1 Å². The largest absolute Gasteiger partial charge is 0.338 e. The Hall–Kier alpha value is -3.27. The Morgan fingerprint density at radius 3 is 2.18 bits per heavy atom. The highest BCUT2D eigenvalue weighted by molar-refractivity contribution is 7.86. The summed E-state index contributed by atoms with van der Waals surface area (Å²) in [5.74, 6) is -0.150. The molecule has 3 N–H and O–H groups in total. The molecule has 2 aromatic carbocycles. The number of nitrogens with zero attached hydrogens (tertiary/aromatic N) is 4. The molecule has 3 rings (SSSR count). The van der Waals surface area contributed by atoms with Crippen molar-refractivity contribution < 1.29 is 35.5 Å². The SMILES string of the molecule is O=[N+]([O-])c1ccc(-[n+]2[nH]nnc2-c2ccc(S(=O)(=O)O)cc2S(=O)(=O)O)cc1. The molecular weight excluding hydrogens is 418 g/mol. The molecule has 0 aliphatic heterocycles. The van der Waals surface area contributed by atoms with Crippen LogP contribution >= 0.6 is 0 Å². The van der Waals surface area contributed by atoms with Gasteiger partial charge in [-0.15, -0.1) is 4.68 Å². The van der Waals surface area contributed by atoms with Gasteiger partial charge in [0.2, 0.25) is 0 Å². The van der Waals surface area contributed by atoms with Crippen molar-refractivity contribution in [2.75, 3.05) is 0 Å². The molecule has 0 saturated carbocycles. The molecule has 0 saturated heterocycles. The van der Waals surface area contributed by atoms with E-state index in [1.54, 1.807) is 0 Å². The summed E-state index contributed by atoms with van der Waals surface area (Å²) < 4.78 is 65.7. The van der Waals surface area contributed by atoms with Gasteiger partial charge in [0.1, 0.15) is 15.7 Å². The quantitative estimate of drug-likeness (QED) is 0.217. The van der Waals surface area contributed by atoms with E-state index in [0.717, 1.165) is 16.8 Å². The Morgan fingerprint density at radius 1 is 1.00 bits per heavy atom. The van der Waals surface area contributed by atoms with Crippen LogP contribution in [0.3, 0.4) is 0 Å². The maximum atomic E-state index is 11.7. The van der Waals surface area contributed by atoms with E-state index in [1.165, 1.54) is 24.3 Å². The number of benzene rings is 2. The first kappa shape index (κ1) is 19.5. The van der Waals surface area contributed by atoms with E-state index < -0.39 is 35.0 Å². The van der Waals surface area contributed by atoms with Gasteiger partial charge in [-0.3, -0.25) is 19.2 Å². The third-order valence-corrected chi connectivity index (χ3v) is 5.33. The van der Waals surface area contributed by atoms with E-state index in [2.05, 4.69) is 15.5 Å². The summed E-state index contributed by atoms with van der Waals surface area (Å²) in [5, 5.41) is 20.5. The molecule has 0 spiro atoms. The van der Waals surface area contributed by atoms with Crippen LogP contribution in [-0.4, -0.2) is 46.4 Å². The summed E-state index contributed by atoms with van der Waals surface area (Å²) in [6, 6.07) is 7.54. The molecule has 0 unspecified atom stereocenters. The third kappa shape index (κ3) is 3.72. The Kier molecular flexibility index (Phi) is 4.67. The van der Waals surface area contributed by atoms with Gasteiger partial charge < -0.3 is 0 Å². The summed E-state index contributed by atoms with van der Waals surface area (Å²) in [5.41, 5.74) is -0.137. The summed E-state index contributed by atoms with van der Waals surface area (Å²) in [6.45, 7) is 0. The first-order valence-corrected chi connectivity index (χ1v) is 10.0. The number of tetrazole rings is 1. The summed E-state index contributed by atoms with van der Waals surface area (Å²) in [7, 11) is -9.66. The van der Waals surface area contributed by atoms with Crippen molar-refractivity contribution in [3.63, 3.8) is 0 Å². The minimum Gasteiger partial charge on any atom is -0.282 e. The lowest BCUT2D eigenvalue weighted by molar-refractivity contribution is -0.649. The highest BCUT2D eigenvalue weighted by Crippen LogP contribution is 2.27. The summed E-state index contributed by atoms with van der Waals surface area (Å²) in [6.07, 6.45) is 0. The first-order chi connectivity index (χ1) is 13.0. The van der Waals surface area contributed by atoms with Gasteiger partial charge in [-0.1, -0.05) is 5.21 Å². The molecule has 146 valence electrons. The predicted octanol–water partition coefficient (Wildman–Crippen LogP) is 0.150. The molecule has 1 aromatic heterocycles. The average Bonchev–Trinajstić information content (AvgIpc) is 3.09. The number of aromatic nitrogens is 4. The number of nitro benzene ring substituents is 1. The molecule has 0 radical (unpaired) electrons. The summed E-state index contributed by atoms with van der Waals surface area (Å²) >= 11 is 0. The van der Waals surface area contributed by atoms with E-state index in [0.29, 0.717) is 6.07 Å². The van der Waals surface area contributed by atoms with Gasteiger partial charge in [-0.05, 0) is 30.3 Å². The van der Waals surface area contributed by atoms with Gasteiger partial charge >= 0.3 is 5.82 Å². The van der Waals surface area contributed by atoms with E-state index in [4.69, 9.17) is 4.55 Å². The number of hydrogen-bond donors (Lipinski definition) is 3. The minimum absolute atomic E-state index is 0.150. The molecular formula is C13H10N5O8S2+. The van der Waals surface area contributed by atoms with Gasteiger partial charge in [-0.25, -0.2) is 0 Å². The van der Waals surface area contributed by atoms with Gasteiger partial charge in [0.05, 0.1) is 15.4 Å². The number of non-ortho nitro benzene ring substituents is 1. The fraction of sp³-hybridized carbons (Fsp3) is 0. The molecule has 0 aliphatic carbocycles. The van der Waals surface area contributed by atoms with Crippen molar-refractivity contribution in [3.05, 3.63) is 52.6 Å². The number of aromatic amines is 1. The van der Waals surface area contributed by atoms with Crippen molar-refractivity contribution in [2.24, 2.45) is 0 Å². The van der Waals surface area contributed by atoms with Crippen LogP contribution < -0.4 is 4.68 Å². The second-order valence-electron chi connectivity index (χ2n) is 5.34. The van der Waals surface area contributed by atoms with E-state index >= 15 is 0 Å². The molecule has 13 nitrogen and oxygen atoms in total. The smallest absolute Gasteiger partial charge is 0.282 e.